The highest BCUT2D eigenvalue weighted by Crippen LogP contribution is 2.48. The van der Waals surface area contributed by atoms with Gasteiger partial charge in [-0.3, -0.25) is 8.97 Å². The Labute approximate surface area is 414 Å². The first-order chi connectivity index (χ1) is 33.4. The van der Waals surface area contributed by atoms with Gasteiger partial charge in [0.05, 0.1) is 22.2 Å². The van der Waals surface area contributed by atoms with Crippen LogP contribution in [0.15, 0.2) is 176 Å². The van der Waals surface area contributed by atoms with Crippen LogP contribution < -0.4 is 26.2 Å². The molecule has 10 aromatic rings. The van der Waals surface area contributed by atoms with Crippen molar-refractivity contribution in [2.24, 2.45) is 0 Å². The van der Waals surface area contributed by atoms with E-state index in [4.69, 9.17) is 4.98 Å². The van der Waals surface area contributed by atoms with Gasteiger partial charge in [-0.1, -0.05) is 173 Å². The van der Waals surface area contributed by atoms with Crippen LogP contribution in [0.5, 0.6) is 0 Å². The van der Waals surface area contributed by atoms with Gasteiger partial charge in [-0.15, -0.1) is 0 Å². The van der Waals surface area contributed by atoms with Gasteiger partial charge in [-0.25, -0.2) is 4.98 Å². The Balaban J connectivity index is 1.20. The fraction of sp³-hybridized carbons (Fsp3) is 0.234. The molecule has 0 N–H and O–H groups in total. The zero-order valence-electron chi connectivity index (χ0n) is 42.6. The summed E-state index contributed by atoms with van der Waals surface area (Å²) in [5.74, 6) is 0.908. The number of hydrogen-bond acceptors (Lipinski definition) is 3. The second-order valence-electron chi connectivity index (χ2n) is 23.4. The third-order valence-corrected chi connectivity index (χ3v) is 15.4. The first kappa shape index (κ1) is 43.9. The molecule has 346 valence electrons. The molecular formula is C64H62BN5. The normalized spacial score (nSPS) is 14.3. The van der Waals surface area contributed by atoms with Crippen LogP contribution in [-0.2, 0) is 21.7 Å². The van der Waals surface area contributed by atoms with E-state index >= 15 is 0 Å². The number of anilines is 6. The summed E-state index contributed by atoms with van der Waals surface area (Å²) in [4.78, 5) is 10.9. The highest BCUT2D eigenvalue weighted by Gasteiger charge is 2.48. The minimum absolute atomic E-state index is 0.01000. The van der Waals surface area contributed by atoms with E-state index in [0.717, 1.165) is 62.0 Å². The van der Waals surface area contributed by atoms with Crippen molar-refractivity contribution < 1.29 is 0 Å². The minimum Gasteiger partial charge on any atom is -0.310 e. The summed E-state index contributed by atoms with van der Waals surface area (Å²) >= 11 is 0. The largest absolute Gasteiger partial charge is 0.310 e. The van der Waals surface area contributed by atoms with Gasteiger partial charge in [0.25, 0.3) is 0 Å². The molecular weight excluding hydrogens is 850 g/mol. The van der Waals surface area contributed by atoms with E-state index in [2.05, 4.69) is 271 Å². The van der Waals surface area contributed by atoms with Crippen LogP contribution in [0.2, 0.25) is 0 Å². The highest BCUT2D eigenvalue weighted by molar-refractivity contribution is 6.99. The zero-order valence-corrected chi connectivity index (χ0v) is 42.6. The van der Waals surface area contributed by atoms with Crippen molar-refractivity contribution in [2.75, 3.05) is 9.80 Å². The van der Waals surface area contributed by atoms with Crippen LogP contribution in [0.3, 0.4) is 0 Å². The molecule has 0 aliphatic carbocycles. The quantitative estimate of drug-likeness (QED) is 0.161. The van der Waals surface area contributed by atoms with Gasteiger partial charge in [0.1, 0.15) is 5.52 Å². The van der Waals surface area contributed by atoms with Crippen LogP contribution in [0.25, 0.3) is 33.5 Å². The summed E-state index contributed by atoms with van der Waals surface area (Å²) in [6, 6.07) is 65.8. The molecule has 5 nitrogen and oxygen atoms in total. The van der Waals surface area contributed by atoms with Crippen LogP contribution >= 0.6 is 0 Å². The van der Waals surface area contributed by atoms with Gasteiger partial charge < -0.3 is 9.80 Å². The molecule has 0 bridgehead atoms. The summed E-state index contributed by atoms with van der Waals surface area (Å²) in [7, 11) is 0. The third-order valence-electron chi connectivity index (χ3n) is 15.4. The smallest absolute Gasteiger partial charge is 0.247 e. The number of aromatic nitrogens is 3. The van der Waals surface area contributed by atoms with Crippen LogP contribution in [0.1, 0.15) is 104 Å². The monoisotopic (exact) mass is 912 g/mol. The average molecular weight is 912 g/mol. The molecule has 2 aromatic heterocycles. The number of benzene rings is 8. The molecule has 0 radical (unpaired) electrons. The van der Waals surface area contributed by atoms with Gasteiger partial charge >= 0.3 is 0 Å². The number of fused-ring (bicyclic) bond motifs is 10. The molecule has 0 saturated carbocycles. The first-order valence-corrected chi connectivity index (χ1v) is 25.1. The maximum atomic E-state index is 5.89. The van der Waals surface area contributed by atoms with E-state index < -0.39 is 0 Å². The number of imidazole rings is 2. The lowest BCUT2D eigenvalue weighted by Crippen LogP contribution is -2.64. The Morgan fingerprint density at radius 3 is 1.66 bits per heavy atom. The van der Waals surface area contributed by atoms with Gasteiger partial charge in [0, 0.05) is 39.5 Å². The molecule has 2 aliphatic heterocycles. The van der Waals surface area contributed by atoms with Crippen molar-refractivity contribution in [3.63, 3.8) is 0 Å². The number of para-hydroxylation sites is 3. The van der Waals surface area contributed by atoms with Crippen molar-refractivity contribution in [2.45, 2.75) is 97.8 Å². The molecule has 6 heteroatoms. The Bertz CT molecular complexity index is 3630. The Hall–Kier alpha value is -7.31. The number of rotatable bonds is 5. The van der Waals surface area contributed by atoms with Crippen molar-refractivity contribution in [1.29, 1.82) is 0 Å². The summed E-state index contributed by atoms with van der Waals surface area (Å²) in [5.41, 5.74) is 22.6. The molecule has 4 heterocycles. The Morgan fingerprint density at radius 1 is 0.471 bits per heavy atom. The van der Waals surface area contributed by atoms with Crippen LogP contribution in [0.4, 0.5) is 34.1 Å². The van der Waals surface area contributed by atoms with Gasteiger partial charge in [0.15, 0.2) is 0 Å². The SMILES string of the molecule is CC(C)(C)c1ccc(N2c3cc(C(C)(C)C)cc4c3B(c3ccc(N(c5ccccc5)c5ccccc5)cc3C4(C)C)c3ccc4c(nc5n(-c6ccccc6)c6ccc(C(C)(C)C)cc6n45)c32)cc1. The zero-order chi connectivity index (χ0) is 48.6. The predicted octanol–water partition coefficient (Wildman–Crippen LogP) is 14.7. The molecule has 0 unspecified atom stereocenters. The van der Waals surface area contributed by atoms with Gasteiger partial charge in [-0.2, -0.15) is 0 Å². The second kappa shape index (κ2) is 15.3. The van der Waals surface area contributed by atoms with Crippen molar-refractivity contribution in [3.8, 4) is 5.69 Å². The molecule has 8 aromatic carbocycles. The predicted molar refractivity (Wildman–Crippen MR) is 298 cm³/mol. The second-order valence-corrected chi connectivity index (χ2v) is 23.4. The fourth-order valence-corrected chi connectivity index (χ4v) is 11.6. The molecule has 12 rings (SSSR count). The topological polar surface area (TPSA) is 28.7 Å². The van der Waals surface area contributed by atoms with E-state index in [-0.39, 0.29) is 28.4 Å². The van der Waals surface area contributed by atoms with E-state index in [0.29, 0.717) is 0 Å². The molecule has 0 saturated heterocycles. The Morgan fingerprint density at radius 2 is 1.04 bits per heavy atom. The maximum Gasteiger partial charge on any atom is 0.247 e. The van der Waals surface area contributed by atoms with Gasteiger partial charge in [0.2, 0.25) is 12.5 Å². The highest BCUT2D eigenvalue weighted by atomic mass is 15.2. The molecule has 2 aliphatic rings. The molecule has 0 amide bonds. The summed E-state index contributed by atoms with van der Waals surface area (Å²) in [6.45, 7) is 25.7. The standard InChI is InChI=1S/C64H62BN5/c1-61(2,3)41-27-30-47(31-28-41)68-56-39-43(63(7,8)9)37-50-57(56)65(51-33-32-48(40-49(51)64(50,10)11)67(44-21-15-12-16-22-44)45-23-17-13-18-24-45)52-34-36-54-58(59(52)68)66-60-69(46-25-19-14-20-26-46)53-35-29-42(62(4,5)6)38-55(53)70(54)60/h12-40H,1-11H3. The number of nitrogens with zero attached hydrogens (tertiary/aromatic N) is 5. The molecule has 0 fully saturated rings. The van der Waals surface area contributed by atoms with Crippen LogP contribution in [-0.4, -0.2) is 20.7 Å². The van der Waals surface area contributed by atoms with E-state index in [1.54, 1.807) is 0 Å². The lowest BCUT2D eigenvalue weighted by Gasteiger charge is -2.46. The first-order valence-electron chi connectivity index (χ1n) is 25.1. The van der Waals surface area contributed by atoms with Crippen molar-refractivity contribution in [3.05, 3.63) is 204 Å². The molecule has 0 spiro atoms. The van der Waals surface area contributed by atoms with E-state index in [1.165, 1.54) is 49.9 Å². The van der Waals surface area contributed by atoms with Gasteiger partial charge in [-0.05, 0) is 140 Å². The van der Waals surface area contributed by atoms with Crippen molar-refractivity contribution >= 4 is 85.1 Å². The lowest BCUT2D eigenvalue weighted by molar-refractivity contribution is 0.583. The molecule has 70 heavy (non-hydrogen) atoms. The molecule has 0 atom stereocenters. The minimum atomic E-state index is -0.337. The third kappa shape index (κ3) is 6.70. The lowest BCUT2D eigenvalue weighted by atomic mass is 9.30. The summed E-state index contributed by atoms with van der Waals surface area (Å²) in [5, 5.41) is 0. The Kier molecular flexibility index (Phi) is 9.63. The van der Waals surface area contributed by atoms with E-state index in [1.807, 2.05) is 0 Å². The summed E-state index contributed by atoms with van der Waals surface area (Å²) in [6.07, 6.45) is 0. The van der Waals surface area contributed by atoms with Crippen LogP contribution in [0, 0.1) is 0 Å². The summed E-state index contributed by atoms with van der Waals surface area (Å²) < 4.78 is 4.78. The maximum absolute atomic E-state index is 5.89. The number of hydrogen-bond donors (Lipinski definition) is 0. The average Bonchev–Trinajstić information content (AvgIpc) is 3.87. The van der Waals surface area contributed by atoms with E-state index in [9.17, 15) is 0 Å². The fourth-order valence-electron chi connectivity index (χ4n) is 11.6. The van der Waals surface area contributed by atoms with Crippen molar-refractivity contribution in [1.82, 2.24) is 14.0 Å².